The van der Waals surface area contributed by atoms with Crippen LogP contribution in [0.1, 0.15) is 36.3 Å². The molecule has 0 radical (unpaired) electrons. The zero-order valence-corrected chi connectivity index (χ0v) is 20.7. The summed E-state index contributed by atoms with van der Waals surface area (Å²) in [4.78, 5) is 28.9. The molecule has 2 aromatic carbocycles. The van der Waals surface area contributed by atoms with Gasteiger partial charge in [0.1, 0.15) is 19.0 Å². The summed E-state index contributed by atoms with van der Waals surface area (Å²) in [6, 6.07) is 18.9. The molecule has 0 aliphatic carbocycles. The highest BCUT2D eigenvalue weighted by atomic mass is 16.5. The lowest BCUT2D eigenvalue weighted by molar-refractivity contribution is -0.139. The number of fused-ring (bicyclic) bond motifs is 1. The molecule has 2 aromatic rings. The van der Waals surface area contributed by atoms with Crippen molar-refractivity contribution in [2.45, 2.75) is 37.3 Å². The average Bonchev–Trinajstić information content (AvgIpc) is 2.92. The van der Waals surface area contributed by atoms with E-state index in [1.165, 1.54) is 11.1 Å². The van der Waals surface area contributed by atoms with Gasteiger partial charge in [-0.2, -0.15) is 0 Å². The maximum Gasteiger partial charge on any atom is 0.320 e. The zero-order valence-electron chi connectivity index (χ0n) is 20.7. The van der Waals surface area contributed by atoms with E-state index < -0.39 is 0 Å². The number of carbonyl (C=O) groups is 2. The van der Waals surface area contributed by atoms with Crippen molar-refractivity contribution in [2.75, 3.05) is 45.9 Å². The summed E-state index contributed by atoms with van der Waals surface area (Å²) in [6.45, 7) is 3.72. The molecule has 5 rings (SSSR count). The number of hydrogen-bond donors (Lipinski definition) is 2. The first kappa shape index (κ1) is 24.6. The number of piperidine rings is 2. The molecule has 0 aromatic heterocycles. The van der Waals surface area contributed by atoms with Crippen molar-refractivity contribution >= 4 is 11.9 Å². The number of nitrogens with zero attached hydrogens (tertiary/aromatic N) is 2. The van der Waals surface area contributed by atoms with Crippen molar-refractivity contribution in [1.29, 1.82) is 0 Å². The third-order valence-corrected chi connectivity index (χ3v) is 7.64. The number of likely N-dealkylation sites (tertiary alicyclic amines) is 2. The van der Waals surface area contributed by atoms with Gasteiger partial charge < -0.3 is 30.3 Å². The Balaban J connectivity index is 1.26. The fourth-order valence-corrected chi connectivity index (χ4v) is 5.87. The number of nitrogens with two attached hydrogens (primary N) is 1. The van der Waals surface area contributed by atoms with Gasteiger partial charge in [0.15, 0.2) is 0 Å². The molecule has 3 atom stereocenters. The van der Waals surface area contributed by atoms with E-state index in [0.29, 0.717) is 32.2 Å². The van der Waals surface area contributed by atoms with Crippen LogP contribution in [0, 0.1) is 5.92 Å². The van der Waals surface area contributed by atoms with E-state index in [1.807, 2.05) is 28.0 Å². The van der Waals surface area contributed by atoms with Gasteiger partial charge >= 0.3 is 6.03 Å². The number of morpholine rings is 1. The van der Waals surface area contributed by atoms with E-state index in [-0.39, 0.29) is 36.6 Å². The third-order valence-electron chi connectivity index (χ3n) is 7.64. The van der Waals surface area contributed by atoms with Crippen LogP contribution in [0.3, 0.4) is 0 Å². The average molecular weight is 493 g/mol. The van der Waals surface area contributed by atoms with E-state index in [0.717, 1.165) is 38.1 Å². The molecule has 3 saturated heterocycles. The van der Waals surface area contributed by atoms with Crippen LogP contribution in [-0.2, 0) is 9.53 Å². The lowest BCUT2D eigenvalue weighted by Crippen LogP contribution is -2.62. The molecule has 36 heavy (non-hydrogen) atoms. The van der Waals surface area contributed by atoms with Gasteiger partial charge in [0.2, 0.25) is 5.91 Å². The van der Waals surface area contributed by atoms with Crippen molar-refractivity contribution in [1.82, 2.24) is 15.1 Å². The van der Waals surface area contributed by atoms with E-state index >= 15 is 0 Å². The molecule has 8 heteroatoms. The lowest BCUT2D eigenvalue weighted by atomic mass is 9.76. The van der Waals surface area contributed by atoms with Gasteiger partial charge in [-0.05, 0) is 48.4 Å². The summed E-state index contributed by atoms with van der Waals surface area (Å²) < 4.78 is 11.5. The molecule has 3 fully saturated rings. The van der Waals surface area contributed by atoms with Gasteiger partial charge in [-0.15, -0.1) is 0 Å². The highest BCUT2D eigenvalue weighted by Crippen LogP contribution is 2.39. The standard InChI is InChI=1S/C28H36N4O4/c29-12-16-35-23-8-4-7-22(17-23)27(20-5-2-1-3-6-20)21-9-13-31(14-10-21)28(34)32-15-11-25-24(18-32)30-26(33)19-36-25/h1-8,17,21,24-25,27H,9-16,18-19,29H2,(H,30,33)/t24-,25+,27+/m1/s1. The first-order valence-corrected chi connectivity index (χ1v) is 13.0. The maximum absolute atomic E-state index is 13.3. The fraction of sp³-hybridized carbons (Fsp3) is 0.500. The predicted octanol–water partition coefficient (Wildman–Crippen LogP) is 2.58. The Hall–Kier alpha value is -3.10. The molecular formula is C28H36N4O4. The van der Waals surface area contributed by atoms with Gasteiger partial charge in [-0.3, -0.25) is 4.79 Å². The Morgan fingerprint density at radius 1 is 1.03 bits per heavy atom. The molecule has 3 aliphatic rings. The van der Waals surface area contributed by atoms with Crippen LogP contribution >= 0.6 is 0 Å². The molecule has 3 amide bonds. The zero-order chi connectivity index (χ0) is 24.9. The molecule has 192 valence electrons. The van der Waals surface area contributed by atoms with E-state index in [2.05, 4.69) is 41.7 Å². The molecule has 0 bridgehead atoms. The normalized spacial score (nSPS) is 23.5. The highest BCUT2D eigenvalue weighted by Gasteiger charge is 2.38. The summed E-state index contributed by atoms with van der Waals surface area (Å²) in [6.07, 6.45) is 2.62. The number of urea groups is 1. The summed E-state index contributed by atoms with van der Waals surface area (Å²) in [5.41, 5.74) is 8.14. The number of benzene rings is 2. The monoisotopic (exact) mass is 492 g/mol. The molecule has 0 saturated carbocycles. The lowest BCUT2D eigenvalue weighted by Gasteiger charge is -2.44. The Morgan fingerprint density at radius 2 is 1.78 bits per heavy atom. The maximum atomic E-state index is 13.3. The number of nitrogens with one attached hydrogen (secondary N) is 1. The summed E-state index contributed by atoms with van der Waals surface area (Å²) >= 11 is 0. The Bertz CT molecular complexity index is 1040. The van der Waals surface area contributed by atoms with Crippen molar-refractivity contribution in [2.24, 2.45) is 11.7 Å². The van der Waals surface area contributed by atoms with Crippen molar-refractivity contribution in [3.05, 3.63) is 65.7 Å². The second-order valence-electron chi connectivity index (χ2n) is 9.96. The number of amides is 3. The second-order valence-corrected chi connectivity index (χ2v) is 9.96. The summed E-state index contributed by atoms with van der Waals surface area (Å²) in [7, 11) is 0. The minimum absolute atomic E-state index is 0.00807. The van der Waals surface area contributed by atoms with Crippen molar-refractivity contribution in [3.63, 3.8) is 0 Å². The van der Waals surface area contributed by atoms with Gasteiger partial charge in [-0.1, -0.05) is 42.5 Å². The molecule has 0 unspecified atom stereocenters. The van der Waals surface area contributed by atoms with Crippen molar-refractivity contribution < 1.29 is 19.1 Å². The molecule has 3 aliphatic heterocycles. The smallest absolute Gasteiger partial charge is 0.320 e. The molecule has 3 N–H and O–H groups in total. The number of carbonyl (C=O) groups excluding carboxylic acids is 2. The minimum Gasteiger partial charge on any atom is -0.492 e. The summed E-state index contributed by atoms with van der Waals surface area (Å²) in [5.74, 6) is 1.39. The van der Waals surface area contributed by atoms with Crippen LogP contribution < -0.4 is 15.8 Å². The number of rotatable bonds is 6. The van der Waals surface area contributed by atoms with Crippen LogP contribution in [0.25, 0.3) is 0 Å². The Labute approximate surface area is 212 Å². The topological polar surface area (TPSA) is 97.1 Å². The molecular weight excluding hydrogens is 456 g/mol. The SMILES string of the molecule is NCCOc1cccc([C@@H](c2ccccc2)C2CCN(C(=O)N3CC[C@@H]4OCC(=O)N[C@@H]4C3)CC2)c1. The first-order valence-electron chi connectivity index (χ1n) is 13.0. The van der Waals surface area contributed by atoms with E-state index in [4.69, 9.17) is 15.2 Å². The largest absolute Gasteiger partial charge is 0.492 e. The van der Waals surface area contributed by atoms with Gasteiger partial charge in [-0.25, -0.2) is 4.79 Å². The van der Waals surface area contributed by atoms with Gasteiger partial charge in [0.05, 0.1) is 12.1 Å². The Morgan fingerprint density at radius 3 is 2.56 bits per heavy atom. The van der Waals surface area contributed by atoms with Crippen LogP contribution in [-0.4, -0.2) is 79.8 Å². The Kier molecular flexibility index (Phi) is 7.72. The van der Waals surface area contributed by atoms with Crippen LogP contribution in [0.15, 0.2) is 54.6 Å². The van der Waals surface area contributed by atoms with Crippen LogP contribution in [0.5, 0.6) is 5.75 Å². The second kappa shape index (κ2) is 11.3. The van der Waals surface area contributed by atoms with Gasteiger partial charge in [0, 0.05) is 38.6 Å². The summed E-state index contributed by atoms with van der Waals surface area (Å²) in [5, 5.41) is 2.99. The molecule has 3 heterocycles. The van der Waals surface area contributed by atoms with Crippen LogP contribution in [0.2, 0.25) is 0 Å². The quantitative estimate of drug-likeness (QED) is 0.646. The number of hydrogen-bond acceptors (Lipinski definition) is 5. The number of ether oxygens (including phenoxy) is 2. The van der Waals surface area contributed by atoms with Crippen LogP contribution in [0.4, 0.5) is 4.79 Å². The first-order chi connectivity index (χ1) is 17.6. The molecule has 0 spiro atoms. The minimum atomic E-state index is -0.113. The van der Waals surface area contributed by atoms with Gasteiger partial charge in [0.25, 0.3) is 0 Å². The fourth-order valence-electron chi connectivity index (χ4n) is 5.87. The van der Waals surface area contributed by atoms with Crippen molar-refractivity contribution in [3.8, 4) is 5.75 Å². The highest BCUT2D eigenvalue weighted by molar-refractivity contribution is 5.79. The third kappa shape index (κ3) is 5.50. The van der Waals surface area contributed by atoms with E-state index in [1.54, 1.807) is 0 Å². The molecule has 8 nitrogen and oxygen atoms in total. The predicted molar refractivity (Wildman–Crippen MR) is 137 cm³/mol. The van der Waals surface area contributed by atoms with E-state index in [9.17, 15) is 9.59 Å².